The fourth-order valence-electron chi connectivity index (χ4n) is 2.70. The van der Waals surface area contributed by atoms with Gasteiger partial charge in [0.15, 0.2) is 0 Å². The summed E-state index contributed by atoms with van der Waals surface area (Å²) < 4.78 is 0. The average Bonchev–Trinajstić information content (AvgIpc) is 2.40. The van der Waals surface area contributed by atoms with Gasteiger partial charge in [-0.3, -0.25) is 4.90 Å². The van der Waals surface area contributed by atoms with Crippen LogP contribution >= 0.6 is 0 Å². The molecule has 1 heterocycles. The van der Waals surface area contributed by atoms with E-state index in [2.05, 4.69) is 17.1 Å². The lowest BCUT2D eigenvalue weighted by Crippen LogP contribution is -2.46. The van der Waals surface area contributed by atoms with E-state index in [1.165, 1.54) is 12.8 Å². The van der Waals surface area contributed by atoms with Crippen molar-refractivity contribution in [2.24, 2.45) is 0 Å². The highest BCUT2D eigenvalue weighted by Crippen LogP contribution is 2.17. The summed E-state index contributed by atoms with van der Waals surface area (Å²) in [6.07, 6.45) is 2.11. The van der Waals surface area contributed by atoms with Crippen LogP contribution < -0.4 is 5.32 Å². The fourth-order valence-corrected chi connectivity index (χ4v) is 2.70. The quantitative estimate of drug-likeness (QED) is 0.834. The van der Waals surface area contributed by atoms with Crippen molar-refractivity contribution < 1.29 is 5.11 Å². The molecule has 100 valence electrons. The number of hydrogen-bond donors (Lipinski definition) is 2. The highest BCUT2D eigenvalue weighted by molar-refractivity contribution is 5.17. The summed E-state index contributed by atoms with van der Waals surface area (Å²) >= 11 is 0. The lowest BCUT2D eigenvalue weighted by atomic mass is 10.0. The minimum atomic E-state index is -0.369. The predicted molar refractivity (Wildman–Crippen MR) is 74.5 cm³/mol. The number of likely N-dealkylation sites (N-methyl/N-ethyl adjacent to an activating group) is 1. The van der Waals surface area contributed by atoms with E-state index in [9.17, 15) is 5.11 Å². The van der Waals surface area contributed by atoms with E-state index in [0.717, 1.165) is 31.7 Å². The van der Waals surface area contributed by atoms with Gasteiger partial charge in [-0.2, -0.15) is 0 Å². The van der Waals surface area contributed by atoms with Gasteiger partial charge in [0.2, 0.25) is 0 Å². The Labute approximate surface area is 110 Å². The highest BCUT2D eigenvalue weighted by atomic mass is 16.3. The molecule has 3 heteroatoms. The standard InChI is InChI=1S/C15H24N2O/c1-2-16-14-9-6-10-17(11-14)12-15(18)13-7-4-3-5-8-13/h3-5,7-8,14-16,18H,2,6,9-12H2,1H3. The van der Waals surface area contributed by atoms with Gasteiger partial charge in [0.25, 0.3) is 0 Å². The van der Waals surface area contributed by atoms with Crippen LogP contribution in [0.1, 0.15) is 31.4 Å². The van der Waals surface area contributed by atoms with Crippen LogP contribution in [0.4, 0.5) is 0 Å². The number of piperidine rings is 1. The van der Waals surface area contributed by atoms with Crippen LogP contribution in [0.25, 0.3) is 0 Å². The van der Waals surface area contributed by atoms with Gasteiger partial charge in [-0.15, -0.1) is 0 Å². The SMILES string of the molecule is CCNC1CCCN(CC(O)c2ccccc2)C1. The molecule has 0 aromatic heterocycles. The first-order chi connectivity index (χ1) is 8.79. The number of hydrogen-bond acceptors (Lipinski definition) is 3. The number of nitrogens with one attached hydrogen (secondary N) is 1. The molecule has 1 aromatic rings. The molecular weight excluding hydrogens is 224 g/mol. The van der Waals surface area contributed by atoms with Crippen molar-refractivity contribution >= 4 is 0 Å². The van der Waals surface area contributed by atoms with Gasteiger partial charge in [0.05, 0.1) is 6.10 Å². The number of nitrogens with zero attached hydrogens (tertiary/aromatic N) is 1. The molecule has 1 aliphatic rings. The summed E-state index contributed by atoms with van der Waals surface area (Å²) in [5.74, 6) is 0. The average molecular weight is 248 g/mol. The van der Waals surface area contributed by atoms with Crippen molar-refractivity contribution in [2.75, 3.05) is 26.2 Å². The molecule has 2 rings (SSSR count). The topological polar surface area (TPSA) is 35.5 Å². The Kier molecular flexibility index (Phi) is 5.17. The molecule has 0 spiro atoms. The summed E-state index contributed by atoms with van der Waals surface area (Å²) in [5, 5.41) is 13.7. The Balaban J connectivity index is 1.85. The van der Waals surface area contributed by atoms with Crippen LogP contribution in [0.3, 0.4) is 0 Å². The van der Waals surface area contributed by atoms with Gasteiger partial charge < -0.3 is 10.4 Å². The zero-order chi connectivity index (χ0) is 12.8. The molecule has 2 N–H and O–H groups in total. The minimum absolute atomic E-state index is 0.369. The van der Waals surface area contributed by atoms with Crippen LogP contribution in [0.15, 0.2) is 30.3 Å². The molecule has 2 unspecified atom stereocenters. The number of aliphatic hydroxyl groups excluding tert-OH is 1. The van der Waals surface area contributed by atoms with E-state index in [0.29, 0.717) is 6.04 Å². The molecule has 1 saturated heterocycles. The van der Waals surface area contributed by atoms with E-state index in [4.69, 9.17) is 0 Å². The van der Waals surface area contributed by atoms with Crippen LogP contribution in [0.5, 0.6) is 0 Å². The molecule has 2 atom stereocenters. The highest BCUT2D eigenvalue weighted by Gasteiger charge is 2.21. The van der Waals surface area contributed by atoms with E-state index < -0.39 is 0 Å². The summed E-state index contributed by atoms with van der Waals surface area (Å²) in [5.41, 5.74) is 1.02. The zero-order valence-corrected chi connectivity index (χ0v) is 11.2. The monoisotopic (exact) mass is 248 g/mol. The van der Waals surface area contributed by atoms with Crippen molar-refractivity contribution in [1.29, 1.82) is 0 Å². The fraction of sp³-hybridized carbons (Fsp3) is 0.600. The maximum Gasteiger partial charge on any atom is 0.0916 e. The molecule has 0 saturated carbocycles. The Morgan fingerprint density at radius 1 is 1.39 bits per heavy atom. The van der Waals surface area contributed by atoms with Crippen LogP contribution in [0, 0.1) is 0 Å². The van der Waals surface area contributed by atoms with Gasteiger partial charge in [0.1, 0.15) is 0 Å². The molecule has 3 nitrogen and oxygen atoms in total. The first-order valence-electron chi connectivity index (χ1n) is 6.98. The number of rotatable bonds is 5. The summed E-state index contributed by atoms with van der Waals surface area (Å²) in [6.45, 7) is 6.08. The molecule has 1 aliphatic heterocycles. The second-order valence-electron chi connectivity index (χ2n) is 5.08. The predicted octanol–water partition coefficient (Wildman–Crippen LogP) is 1.79. The van der Waals surface area contributed by atoms with Gasteiger partial charge in [-0.25, -0.2) is 0 Å². The zero-order valence-electron chi connectivity index (χ0n) is 11.2. The van der Waals surface area contributed by atoms with Crippen molar-refractivity contribution in [3.63, 3.8) is 0 Å². The van der Waals surface area contributed by atoms with Crippen molar-refractivity contribution in [2.45, 2.75) is 31.9 Å². The van der Waals surface area contributed by atoms with Crippen LogP contribution in [-0.2, 0) is 0 Å². The van der Waals surface area contributed by atoms with Gasteiger partial charge >= 0.3 is 0 Å². The van der Waals surface area contributed by atoms with Gasteiger partial charge in [-0.1, -0.05) is 37.3 Å². The largest absolute Gasteiger partial charge is 0.387 e. The Morgan fingerprint density at radius 2 is 2.17 bits per heavy atom. The maximum atomic E-state index is 10.2. The van der Waals surface area contributed by atoms with Crippen molar-refractivity contribution in [1.82, 2.24) is 10.2 Å². The third-order valence-electron chi connectivity index (χ3n) is 3.61. The van der Waals surface area contributed by atoms with Crippen LogP contribution in [0.2, 0.25) is 0 Å². The number of benzene rings is 1. The Bertz CT molecular complexity index is 340. The van der Waals surface area contributed by atoms with E-state index >= 15 is 0 Å². The molecule has 0 aliphatic carbocycles. The van der Waals surface area contributed by atoms with Gasteiger partial charge in [-0.05, 0) is 31.5 Å². The smallest absolute Gasteiger partial charge is 0.0916 e. The second-order valence-corrected chi connectivity index (χ2v) is 5.08. The number of β-amino-alcohol motifs (C(OH)–C–C–N with tert-alkyl or cyclic N) is 1. The molecule has 1 fully saturated rings. The van der Waals surface area contributed by atoms with E-state index in [-0.39, 0.29) is 6.10 Å². The molecule has 0 bridgehead atoms. The Hall–Kier alpha value is -0.900. The molecule has 0 radical (unpaired) electrons. The number of likely N-dealkylation sites (tertiary alicyclic amines) is 1. The molecular formula is C15H24N2O. The maximum absolute atomic E-state index is 10.2. The summed E-state index contributed by atoms with van der Waals surface area (Å²) in [4.78, 5) is 2.37. The lowest BCUT2D eigenvalue weighted by Gasteiger charge is -2.34. The van der Waals surface area contributed by atoms with Crippen molar-refractivity contribution in [3.8, 4) is 0 Å². The third-order valence-corrected chi connectivity index (χ3v) is 3.61. The van der Waals surface area contributed by atoms with E-state index in [1.807, 2.05) is 30.3 Å². The number of aliphatic hydroxyl groups is 1. The van der Waals surface area contributed by atoms with Gasteiger partial charge in [0, 0.05) is 19.1 Å². The summed E-state index contributed by atoms with van der Waals surface area (Å²) in [7, 11) is 0. The Morgan fingerprint density at radius 3 is 2.89 bits per heavy atom. The van der Waals surface area contributed by atoms with Crippen LogP contribution in [-0.4, -0.2) is 42.2 Å². The summed E-state index contributed by atoms with van der Waals surface area (Å²) in [6, 6.07) is 10.5. The van der Waals surface area contributed by atoms with Crippen molar-refractivity contribution in [3.05, 3.63) is 35.9 Å². The third kappa shape index (κ3) is 3.80. The lowest BCUT2D eigenvalue weighted by molar-refractivity contribution is 0.0915. The second kappa shape index (κ2) is 6.88. The molecule has 0 amide bonds. The minimum Gasteiger partial charge on any atom is -0.387 e. The normalized spacial score (nSPS) is 22.9. The molecule has 1 aromatic carbocycles. The first-order valence-corrected chi connectivity index (χ1v) is 6.98. The van der Waals surface area contributed by atoms with E-state index in [1.54, 1.807) is 0 Å². The first kappa shape index (κ1) is 13.5. The molecule has 18 heavy (non-hydrogen) atoms.